The van der Waals surface area contributed by atoms with Crippen LogP contribution in [0.25, 0.3) is 5.83 Å². The van der Waals surface area contributed by atoms with Gasteiger partial charge in [-0.15, -0.1) is 0 Å². The first-order valence-electron chi connectivity index (χ1n) is 8.69. The molecule has 0 unspecified atom stereocenters. The van der Waals surface area contributed by atoms with E-state index in [9.17, 15) is 105 Å². The second kappa shape index (κ2) is 9.83. The minimum atomic E-state index is -9.16. The maximum absolute atomic E-state index is 13.8. The molecular weight excluding hydrogens is 664 g/mol. The largest absolute Gasteiger partial charge is 0.471 e. The Morgan fingerprint density at radius 3 is 1.07 bits per heavy atom. The van der Waals surface area contributed by atoms with Crippen LogP contribution in [0.1, 0.15) is 5.56 Å². The topological polar surface area (TPSA) is 9.23 Å². The van der Waals surface area contributed by atoms with E-state index in [0.29, 0.717) is 0 Å². The minimum absolute atomic E-state index is 2.13. The molecule has 0 fully saturated rings. The van der Waals surface area contributed by atoms with E-state index in [2.05, 4.69) is 4.74 Å². The van der Waals surface area contributed by atoms with Crippen LogP contribution in [0.2, 0.25) is 0 Å². The van der Waals surface area contributed by atoms with Crippen LogP contribution >= 0.6 is 0 Å². The Morgan fingerprint density at radius 1 is 0.415 bits per heavy atom. The van der Waals surface area contributed by atoms with Crippen molar-refractivity contribution in [3.63, 3.8) is 0 Å². The van der Waals surface area contributed by atoms with Gasteiger partial charge in [0.2, 0.25) is 17.5 Å². The van der Waals surface area contributed by atoms with Crippen molar-refractivity contribution in [1.29, 1.82) is 0 Å². The van der Waals surface area contributed by atoms with Crippen molar-refractivity contribution in [2.75, 3.05) is 0 Å². The first-order valence-corrected chi connectivity index (χ1v) is 8.69. The molecule has 1 rings (SSSR count). The van der Waals surface area contributed by atoms with Crippen LogP contribution in [0.5, 0.6) is 5.75 Å². The Bertz CT molecular complexity index is 1200. The number of alkyl halides is 17. The maximum Gasteiger partial charge on any atom is 0.471 e. The summed E-state index contributed by atoms with van der Waals surface area (Å²) in [7, 11) is 0. The minimum Gasteiger partial charge on any atom is -0.424 e. The molecule has 0 aliphatic carbocycles. The fourth-order valence-electron chi connectivity index (χ4n) is 2.34. The monoisotopic (exact) mass is 664 g/mol. The number of hydrogen-bond acceptors (Lipinski definition) is 1. The number of rotatable bonds is 9. The van der Waals surface area contributed by atoms with Crippen LogP contribution in [0.4, 0.5) is 105 Å². The number of ether oxygens (including phenoxy) is 1. The van der Waals surface area contributed by atoms with Gasteiger partial charge in [-0.2, -0.15) is 87.8 Å². The van der Waals surface area contributed by atoms with E-state index < -0.39 is 94.3 Å². The first-order chi connectivity index (χ1) is 17.7. The van der Waals surface area contributed by atoms with Crippen LogP contribution in [0.15, 0.2) is 6.08 Å². The molecule has 0 amide bonds. The van der Waals surface area contributed by atoms with Crippen molar-refractivity contribution in [1.82, 2.24) is 0 Å². The maximum atomic E-state index is 13.8. The molecule has 25 heteroatoms. The molecule has 0 saturated heterocycles. The van der Waals surface area contributed by atoms with Crippen molar-refractivity contribution in [3.05, 3.63) is 34.9 Å². The zero-order valence-corrected chi connectivity index (χ0v) is 17.5. The summed E-state index contributed by atoms with van der Waals surface area (Å²) in [6.45, 7) is 0. The van der Waals surface area contributed by atoms with Gasteiger partial charge in [0.1, 0.15) is 5.56 Å². The van der Waals surface area contributed by atoms with Gasteiger partial charge in [-0.1, -0.05) is 0 Å². The molecule has 1 nitrogen and oxygen atoms in total. The highest BCUT2D eigenvalue weighted by Gasteiger charge is 2.95. The van der Waals surface area contributed by atoms with Crippen LogP contribution in [0, 0.1) is 23.3 Å². The van der Waals surface area contributed by atoms with Gasteiger partial charge >= 0.3 is 53.9 Å². The van der Waals surface area contributed by atoms with E-state index >= 15 is 0 Å². The molecule has 0 heterocycles. The number of benzene rings is 1. The highest BCUT2D eigenvalue weighted by Crippen LogP contribution is 2.64. The fourth-order valence-corrected chi connectivity index (χ4v) is 2.34. The normalized spacial score (nSPS) is 14.8. The van der Waals surface area contributed by atoms with Crippen LogP contribution in [0.3, 0.4) is 0 Å². The van der Waals surface area contributed by atoms with E-state index in [1.807, 2.05) is 0 Å². The summed E-state index contributed by atoms with van der Waals surface area (Å²) in [6.07, 6.45) is -20.2. The van der Waals surface area contributed by atoms with Gasteiger partial charge in [0.25, 0.3) is 0 Å². The van der Waals surface area contributed by atoms with Gasteiger partial charge in [-0.3, -0.25) is 0 Å². The lowest BCUT2D eigenvalue weighted by atomic mass is 9.90. The van der Waals surface area contributed by atoms with E-state index in [-0.39, 0.29) is 0 Å². The third-order valence-electron chi connectivity index (χ3n) is 4.53. The van der Waals surface area contributed by atoms with E-state index in [1.165, 1.54) is 0 Å². The Kier molecular flexibility index (Phi) is 8.66. The number of hydrogen-bond donors (Lipinski definition) is 0. The second-order valence-electron chi connectivity index (χ2n) is 7.10. The van der Waals surface area contributed by atoms with E-state index in [0.717, 1.165) is 0 Å². The molecule has 0 N–H and O–H groups in total. The molecule has 1 aromatic carbocycles. The summed E-state index contributed by atoms with van der Waals surface area (Å²) >= 11 is 0. The lowest BCUT2D eigenvalue weighted by molar-refractivity contribution is -0.471. The average Bonchev–Trinajstić information content (AvgIpc) is 2.79. The average molecular weight is 664 g/mol. The highest BCUT2D eigenvalue weighted by atomic mass is 19.4. The van der Waals surface area contributed by atoms with Crippen molar-refractivity contribution in [2.45, 2.75) is 47.8 Å². The lowest BCUT2D eigenvalue weighted by Crippen LogP contribution is -2.74. The molecule has 41 heavy (non-hydrogen) atoms. The lowest BCUT2D eigenvalue weighted by Gasteiger charge is -2.42. The third-order valence-corrected chi connectivity index (χ3v) is 4.53. The summed E-state index contributed by atoms with van der Waals surface area (Å²) in [5.74, 6) is -75.7. The fraction of sp³-hybridized carbons (Fsp3) is 0.500. The van der Waals surface area contributed by atoms with Crippen LogP contribution in [-0.4, -0.2) is 47.8 Å². The summed E-state index contributed by atoms with van der Waals surface area (Å²) in [4.78, 5) is 0. The quantitative estimate of drug-likeness (QED) is 0.146. The highest BCUT2D eigenvalue weighted by molar-refractivity contribution is 5.67. The van der Waals surface area contributed by atoms with Crippen molar-refractivity contribution in [2.24, 2.45) is 0 Å². The second-order valence-corrected chi connectivity index (χ2v) is 7.10. The Balaban J connectivity index is 3.94. The molecule has 238 valence electrons. The molecule has 0 aliphatic rings. The SMILES string of the molecule is FC(F)=C(F)c1c(F)c(F)c(F)c(F)c1OC(F)(F)C(F)(F)C(F)(F)C(F)(F)C(F)(F)C(F)(F)C(F)(F)C(F)(F)F. The van der Waals surface area contributed by atoms with Crippen LogP contribution < -0.4 is 4.74 Å². The van der Waals surface area contributed by atoms with Gasteiger partial charge in [-0.05, 0) is 0 Å². The van der Waals surface area contributed by atoms with Crippen molar-refractivity contribution < 1.29 is 110 Å². The molecule has 0 aliphatic heterocycles. The third kappa shape index (κ3) is 4.84. The molecule has 1 aromatic rings. The van der Waals surface area contributed by atoms with Gasteiger partial charge < -0.3 is 4.74 Å². The van der Waals surface area contributed by atoms with E-state index in [1.54, 1.807) is 0 Å². The van der Waals surface area contributed by atoms with Gasteiger partial charge in [0, 0.05) is 0 Å². The Hall–Kier alpha value is -2.92. The summed E-state index contributed by atoms with van der Waals surface area (Å²) in [5.41, 5.74) is -3.53. The van der Waals surface area contributed by atoms with E-state index in [4.69, 9.17) is 0 Å². The molecule has 0 radical (unpaired) electrons. The number of halogens is 24. The van der Waals surface area contributed by atoms with Crippen molar-refractivity contribution >= 4 is 5.83 Å². The standard InChI is InChI=1S/C16F24O/c17-2-1(3(18)8(22)23)7(6(21)5(20)4(2)19)41-16(39,40)14(34,35)12(30,31)10(26,27)9(24,25)11(28,29)13(32,33)15(36,37)38. The predicted octanol–water partition coefficient (Wildman–Crippen LogP) is 9.12. The molecule has 0 aromatic heterocycles. The molecule has 0 spiro atoms. The summed E-state index contributed by atoms with van der Waals surface area (Å²) in [6, 6.07) is 0. The zero-order chi connectivity index (χ0) is 33.3. The molecule has 0 saturated carbocycles. The summed E-state index contributed by atoms with van der Waals surface area (Å²) < 4.78 is 318. The van der Waals surface area contributed by atoms with Crippen molar-refractivity contribution in [3.8, 4) is 5.75 Å². The molecule has 0 bridgehead atoms. The van der Waals surface area contributed by atoms with Gasteiger partial charge in [-0.25, -0.2) is 17.6 Å². The zero-order valence-electron chi connectivity index (χ0n) is 17.5. The predicted molar refractivity (Wildman–Crippen MR) is 77.8 cm³/mol. The first kappa shape index (κ1) is 36.1. The molecular formula is C16F24O. The Morgan fingerprint density at radius 2 is 0.732 bits per heavy atom. The van der Waals surface area contributed by atoms with Gasteiger partial charge in [0.15, 0.2) is 17.4 Å². The summed E-state index contributed by atoms with van der Waals surface area (Å²) in [5, 5.41) is 0. The van der Waals surface area contributed by atoms with Crippen LogP contribution in [-0.2, 0) is 0 Å². The van der Waals surface area contributed by atoms with Gasteiger partial charge in [0.05, 0.1) is 0 Å². The smallest absolute Gasteiger partial charge is 0.424 e. The molecule has 0 atom stereocenters. The Labute approximate surface area is 205 Å².